The summed E-state index contributed by atoms with van der Waals surface area (Å²) in [5, 5.41) is 20.1. The average Bonchev–Trinajstić information content (AvgIpc) is 2.95. The molecule has 0 saturated carbocycles. The second-order valence-corrected chi connectivity index (χ2v) is 4.90. The van der Waals surface area contributed by atoms with E-state index in [9.17, 15) is 0 Å². The van der Waals surface area contributed by atoms with Gasteiger partial charge in [-0.25, -0.2) is 5.10 Å². The molecule has 0 amide bonds. The van der Waals surface area contributed by atoms with Gasteiger partial charge in [-0.15, -0.1) is 0 Å². The van der Waals surface area contributed by atoms with Crippen LogP contribution in [0.15, 0.2) is 59.7 Å². The van der Waals surface area contributed by atoms with Gasteiger partial charge in [-0.1, -0.05) is 42.5 Å². The van der Waals surface area contributed by atoms with Crippen molar-refractivity contribution in [2.24, 2.45) is 5.10 Å². The van der Waals surface area contributed by atoms with E-state index < -0.39 is 0 Å². The van der Waals surface area contributed by atoms with Gasteiger partial charge >= 0.3 is 0 Å². The van der Waals surface area contributed by atoms with Gasteiger partial charge < -0.3 is 0 Å². The van der Waals surface area contributed by atoms with Crippen LogP contribution in [0.2, 0.25) is 0 Å². The van der Waals surface area contributed by atoms with Crippen molar-refractivity contribution in [1.29, 1.82) is 5.26 Å². The summed E-state index contributed by atoms with van der Waals surface area (Å²) in [7, 11) is 0. The number of nitrogens with one attached hydrogen (secondary N) is 1. The molecule has 0 bridgehead atoms. The molecule has 0 aliphatic rings. The van der Waals surface area contributed by atoms with Crippen molar-refractivity contribution >= 4 is 18.4 Å². The zero-order valence-corrected chi connectivity index (χ0v) is 12.3. The highest BCUT2D eigenvalue weighted by molar-refractivity contribution is 7.71. The van der Waals surface area contributed by atoms with E-state index in [1.54, 1.807) is 23.0 Å². The molecule has 0 saturated heterocycles. The molecule has 3 rings (SSSR count). The van der Waals surface area contributed by atoms with Crippen LogP contribution in [0.5, 0.6) is 0 Å². The number of hydrogen-bond donors (Lipinski definition) is 1. The summed E-state index contributed by atoms with van der Waals surface area (Å²) in [6, 6.07) is 18.9. The van der Waals surface area contributed by atoms with Crippen molar-refractivity contribution in [2.75, 3.05) is 0 Å². The molecule has 106 valence electrons. The Bertz CT molecular complexity index is 898. The maximum atomic E-state index is 8.79. The second kappa shape index (κ2) is 6.16. The molecule has 0 atom stereocenters. The van der Waals surface area contributed by atoms with Crippen molar-refractivity contribution in [1.82, 2.24) is 14.9 Å². The number of H-pyrrole nitrogens is 1. The second-order valence-electron chi connectivity index (χ2n) is 4.51. The van der Waals surface area contributed by atoms with Gasteiger partial charge in [0.2, 0.25) is 4.77 Å². The van der Waals surface area contributed by atoms with Crippen molar-refractivity contribution in [3.63, 3.8) is 0 Å². The Morgan fingerprint density at radius 3 is 2.55 bits per heavy atom. The molecule has 0 aliphatic heterocycles. The molecular weight excluding hydrogens is 294 g/mol. The minimum Gasteiger partial charge on any atom is -0.250 e. The van der Waals surface area contributed by atoms with Gasteiger partial charge in [0.15, 0.2) is 5.82 Å². The van der Waals surface area contributed by atoms with Crippen LogP contribution >= 0.6 is 12.2 Å². The van der Waals surface area contributed by atoms with Crippen LogP contribution in [0, 0.1) is 16.1 Å². The van der Waals surface area contributed by atoms with E-state index in [-0.39, 0.29) is 0 Å². The Labute approximate surface area is 132 Å². The maximum Gasteiger partial charge on any atom is 0.216 e. The average molecular weight is 305 g/mol. The maximum absolute atomic E-state index is 8.79. The number of aromatic amines is 1. The normalized spacial score (nSPS) is 10.7. The number of nitrogens with zero attached hydrogens (tertiary/aromatic N) is 4. The fourth-order valence-corrected chi connectivity index (χ4v) is 2.12. The van der Waals surface area contributed by atoms with Crippen LogP contribution in [-0.4, -0.2) is 21.1 Å². The topological polar surface area (TPSA) is 69.8 Å². The summed E-state index contributed by atoms with van der Waals surface area (Å²) >= 11 is 5.22. The highest BCUT2D eigenvalue weighted by Crippen LogP contribution is 2.16. The Hall–Kier alpha value is -3.04. The van der Waals surface area contributed by atoms with Gasteiger partial charge in [0.1, 0.15) is 0 Å². The van der Waals surface area contributed by atoms with Gasteiger partial charge in [-0.2, -0.15) is 20.1 Å². The third kappa shape index (κ3) is 2.85. The zero-order valence-electron chi connectivity index (χ0n) is 11.5. The molecule has 0 aliphatic carbocycles. The van der Waals surface area contributed by atoms with Crippen LogP contribution < -0.4 is 0 Å². The predicted octanol–water partition coefficient (Wildman–Crippen LogP) is 3.36. The molecule has 0 fully saturated rings. The summed E-state index contributed by atoms with van der Waals surface area (Å²) in [6.07, 6.45) is 1.68. The highest BCUT2D eigenvalue weighted by Gasteiger charge is 2.06. The minimum absolute atomic E-state index is 0.420. The Balaban J connectivity index is 1.95. The van der Waals surface area contributed by atoms with Crippen LogP contribution in [-0.2, 0) is 0 Å². The van der Waals surface area contributed by atoms with E-state index >= 15 is 0 Å². The summed E-state index contributed by atoms with van der Waals surface area (Å²) in [4.78, 5) is 0. The first-order chi connectivity index (χ1) is 10.8. The third-order valence-electron chi connectivity index (χ3n) is 3.04. The Morgan fingerprint density at radius 1 is 1.14 bits per heavy atom. The number of aromatic nitrogens is 3. The Kier molecular flexibility index (Phi) is 3.90. The smallest absolute Gasteiger partial charge is 0.216 e. The van der Waals surface area contributed by atoms with Gasteiger partial charge in [0, 0.05) is 5.56 Å². The number of rotatable bonds is 3. The molecule has 2 aromatic carbocycles. The lowest BCUT2D eigenvalue weighted by Crippen LogP contribution is -1.95. The molecule has 0 spiro atoms. The monoisotopic (exact) mass is 305 g/mol. The standard InChI is InChI=1S/C16H11N5S/c17-10-12-6-8-13(9-7-12)11-18-21-15(19-20-16(21)22)14-4-2-1-3-5-14/h1-9,11H,(H,20,22)/b18-11-. The minimum atomic E-state index is 0.420. The largest absolute Gasteiger partial charge is 0.250 e. The number of hydrogen-bond acceptors (Lipinski definition) is 4. The first-order valence-corrected chi connectivity index (χ1v) is 6.96. The molecule has 6 heteroatoms. The molecule has 5 nitrogen and oxygen atoms in total. The van der Waals surface area contributed by atoms with E-state index in [0.29, 0.717) is 16.2 Å². The summed E-state index contributed by atoms with van der Waals surface area (Å²) in [5.74, 6) is 0.649. The Morgan fingerprint density at radius 2 is 1.86 bits per heavy atom. The summed E-state index contributed by atoms with van der Waals surface area (Å²) < 4.78 is 1.99. The fraction of sp³-hybridized carbons (Fsp3) is 0. The van der Waals surface area contributed by atoms with Crippen LogP contribution in [0.3, 0.4) is 0 Å². The highest BCUT2D eigenvalue weighted by atomic mass is 32.1. The molecule has 1 heterocycles. The fourth-order valence-electron chi connectivity index (χ4n) is 1.94. The summed E-state index contributed by atoms with van der Waals surface area (Å²) in [6.45, 7) is 0. The van der Waals surface area contributed by atoms with E-state index in [0.717, 1.165) is 11.1 Å². The number of benzene rings is 2. The van der Waals surface area contributed by atoms with Gasteiger partial charge in [0.25, 0.3) is 0 Å². The van der Waals surface area contributed by atoms with Gasteiger partial charge in [-0.05, 0) is 29.9 Å². The molecule has 1 aromatic heterocycles. The zero-order chi connectivity index (χ0) is 15.4. The molecule has 22 heavy (non-hydrogen) atoms. The first-order valence-electron chi connectivity index (χ1n) is 6.55. The van der Waals surface area contributed by atoms with Crippen molar-refractivity contribution in [3.05, 3.63) is 70.5 Å². The van der Waals surface area contributed by atoms with E-state index in [4.69, 9.17) is 17.5 Å². The van der Waals surface area contributed by atoms with Crippen molar-refractivity contribution in [3.8, 4) is 17.5 Å². The van der Waals surface area contributed by atoms with Gasteiger partial charge in [-0.3, -0.25) is 0 Å². The van der Waals surface area contributed by atoms with Crippen LogP contribution in [0.25, 0.3) is 11.4 Å². The molecule has 3 aromatic rings. The lowest BCUT2D eigenvalue weighted by molar-refractivity contribution is 0.871. The molecule has 0 radical (unpaired) electrons. The van der Waals surface area contributed by atoms with Crippen LogP contribution in [0.1, 0.15) is 11.1 Å². The van der Waals surface area contributed by atoms with Gasteiger partial charge in [0.05, 0.1) is 17.8 Å². The third-order valence-corrected chi connectivity index (χ3v) is 3.31. The predicted molar refractivity (Wildman–Crippen MR) is 87.0 cm³/mol. The molecule has 0 unspecified atom stereocenters. The quantitative estimate of drug-likeness (QED) is 0.596. The first kappa shape index (κ1) is 13.9. The van der Waals surface area contributed by atoms with E-state index in [2.05, 4.69) is 21.4 Å². The summed E-state index contributed by atoms with van der Waals surface area (Å²) in [5.41, 5.74) is 2.41. The van der Waals surface area contributed by atoms with E-state index in [1.807, 2.05) is 42.5 Å². The molecular formula is C16H11N5S. The van der Waals surface area contributed by atoms with Crippen LogP contribution in [0.4, 0.5) is 0 Å². The van der Waals surface area contributed by atoms with E-state index in [1.165, 1.54) is 0 Å². The SMILES string of the molecule is N#Cc1ccc(/C=N\n2c(-c3ccccc3)n[nH]c2=S)cc1. The lowest BCUT2D eigenvalue weighted by Gasteiger charge is -2.00. The van der Waals surface area contributed by atoms with Crippen molar-refractivity contribution in [2.45, 2.75) is 0 Å². The molecule has 1 N–H and O–H groups in total. The van der Waals surface area contributed by atoms with Crippen molar-refractivity contribution < 1.29 is 0 Å². The number of nitriles is 1. The lowest BCUT2D eigenvalue weighted by atomic mass is 10.2.